The van der Waals surface area contributed by atoms with E-state index >= 15 is 0 Å². The van der Waals surface area contributed by atoms with E-state index in [1.54, 1.807) is 6.07 Å². The van der Waals surface area contributed by atoms with Crippen LogP contribution in [0.1, 0.15) is 31.7 Å². The molecule has 0 radical (unpaired) electrons. The second kappa shape index (κ2) is 6.23. The molecule has 0 saturated heterocycles. The summed E-state index contributed by atoms with van der Waals surface area (Å²) >= 11 is 0. The number of hydrogen-bond acceptors (Lipinski definition) is 5. The van der Waals surface area contributed by atoms with Gasteiger partial charge in [0.2, 0.25) is 17.7 Å². The molecule has 0 saturated carbocycles. The smallest absolute Gasteiger partial charge is 0.227 e. The third-order valence-electron chi connectivity index (χ3n) is 3.19. The van der Waals surface area contributed by atoms with E-state index in [0.29, 0.717) is 23.4 Å². The molecule has 5 nitrogen and oxygen atoms in total. The first-order valence-corrected chi connectivity index (χ1v) is 6.58. The Bertz CT molecular complexity index is 570. The van der Waals surface area contributed by atoms with Crippen LogP contribution in [0.4, 0.5) is 5.95 Å². The fraction of sp³-hybridized carbons (Fsp3) is 0.333. The first-order valence-electron chi connectivity index (χ1n) is 6.58. The van der Waals surface area contributed by atoms with Gasteiger partial charge in [-0.25, -0.2) is 0 Å². The van der Waals surface area contributed by atoms with Crippen LogP contribution < -0.4 is 15.2 Å². The van der Waals surface area contributed by atoms with Gasteiger partial charge in [0.25, 0.3) is 0 Å². The summed E-state index contributed by atoms with van der Waals surface area (Å²) in [5, 5.41) is 0. The first-order chi connectivity index (χ1) is 9.62. The number of nitrogens with two attached hydrogens (primary N) is 1. The van der Waals surface area contributed by atoms with Gasteiger partial charge in [-0.15, -0.1) is 0 Å². The maximum atomic E-state index is 5.66. The SMILES string of the molecule is CCC(C)c1ccc(Oc2cc(OC)nc(N)n2)cc1. The number of nitrogen functional groups attached to an aromatic ring is 1. The molecule has 20 heavy (non-hydrogen) atoms. The fourth-order valence-corrected chi connectivity index (χ4v) is 1.80. The van der Waals surface area contributed by atoms with E-state index in [2.05, 4.69) is 35.9 Å². The van der Waals surface area contributed by atoms with Gasteiger partial charge < -0.3 is 15.2 Å². The number of ether oxygens (including phenoxy) is 2. The van der Waals surface area contributed by atoms with E-state index in [0.717, 1.165) is 6.42 Å². The lowest BCUT2D eigenvalue weighted by Crippen LogP contribution is -1.99. The van der Waals surface area contributed by atoms with Crippen LogP contribution >= 0.6 is 0 Å². The molecule has 0 spiro atoms. The Morgan fingerprint density at radius 3 is 2.40 bits per heavy atom. The lowest BCUT2D eigenvalue weighted by atomic mass is 9.99. The van der Waals surface area contributed by atoms with Crippen LogP contribution in [0.25, 0.3) is 0 Å². The van der Waals surface area contributed by atoms with Gasteiger partial charge in [0, 0.05) is 0 Å². The summed E-state index contributed by atoms with van der Waals surface area (Å²) in [4.78, 5) is 7.92. The molecule has 0 aliphatic heterocycles. The summed E-state index contributed by atoms with van der Waals surface area (Å²) in [5.74, 6) is 2.11. The van der Waals surface area contributed by atoms with E-state index in [1.165, 1.54) is 12.7 Å². The quantitative estimate of drug-likeness (QED) is 0.904. The van der Waals surface area contributed by atoms with Crippen molar-refractivity contribution in [3.8, 4) is 17.5 Å². The Balaban J connectivity index is 2.15. The van der Waals surface area contributed by atoms with Gasteiger partial charge >= 0.3 is 0 Å². The standard InChI is InChI=1S/C15H19N3O2/c1-4-10(2)11-5-7-12(8-6-11)20-14-9-13(19-3)17-15(16)18-14/h5-10H,4H2,1-3H3,(H2,16,17,18). The lowest BCUT2D eigenvalue weighted by molar-refractivity contribution is 0.389. The minimum atomic E-state index is 0.121. The molecule has 0 aliphatic rings. The highest BCUT2D eigenvalue weighted by atomic mass is 16.5. The third-order valence-corrected chi connectivity index (χ3v) is 3.19. The largest absolute Gasteiger partial charge is 0.481 e. The van der Waals surface area contributed by atoms with Gasteiger partial charge in [-0.1, -0.05) is 26.0 Å². The maximum absolute atomic E-state index is 5.66. The predicted octanol–water partition coefficient (Wildman–Crippen LogP) is 3.37. The molecule has 106 valence electrons. The molecule has 1 heterocycles. The van der Waals surface area contributed by atoms with Crippen molar-refractivity contribution in [3.63, 3.8) is 0 Å². The number of nitrogens with zero attached hydrogens (tertiary/aromatic N) is 2. The number of rotatable bonds is 5. The van der Waals surface area contributed by atoms with E-state index in [1.807, 2.05) is 12.1 Å². The predicted molar refractivity (Wildman–Crippen MR) is 78.2 cm³/mol. The van der Waals surface area contributed by atoms with Crippen molar-refractivity contribution in [1.82, 2.24) is 9.97 Å². The van der Waals surface area contributed by atoms with E-state index in [-0.39, 0.29) is 5.95 Å². The molecular formula is C15H19N3O2. The summed E-state index contributed by atoms with van der Waals surface area (Å²) in [6.07, 6.45) is 1.11. The van der Waals surface area contributed by atoms with Crippen molar-refractivity contribution in [2.75, 3.05) is 12.8 Å². The zero-order chi connectivity index (χ0) is 14.5. The normalized spacial score (nSPS) is 11.9. The van der Waals surface area contributed by atoms with Gasteiger partial charge in [0.05, 0.1) is 13.2 Å². The first kappa shape index (κ1) is 14.1. The number of benzene rings is 1. The molecule has 2 N–H and O–H groups in total. The molecule has 1 atom stereocenters. The van der Waals surface area contributed by atoms with E-state index < -0.39 is 0 Å². The van der Waals surface area contributed by atoms with Crippen LogP contribution in [0.3, 0.4) is 0 Å². The molecule has 0 aliphatic carbocycles. The Labute approximate surface area is 118 Å². The molecule has 1 unspecified atom stereocenters. The summed E-state index contributed by atoms with van der Waals surface area (Å²) in [5.41, 5.74) is 6.88. The van der Waals surface area contributed by atoms with Crippen molar-refractivity contribution >= 4 is 5.95 Å². The van der Waals surface area contributed by atoms with Gasteiger partial charge in [0.15, 0.2) is 0 Å². The number of methoxy groups -OCH3 is 1. The number of hydrogen-bond donors (Lipinski definition) is 1. The highest BCUT2D eigenvalue weighted by molar-refractivity contribution is 5.35. The van der Waals surface area contributed by atoms with Crippen LogP contribution in [0, 0.1) is 0 Å². The van der Waals surface area contributed by atoms with Crippen molar-refractivity contribution in [1.29, 1.82) is 0 Å². The molecule has 0 fully saturated rings. The Morgan fingerprint density at radius 2 is 1.80 bits per heavy atom. The average Bonchev–Trinajstić information content (AvgIpc) is 2.46. The molecule has 2 rings (SSSR count). The van der Waals surface area contributed by atoms with Crippen LogP contribution in [-0.2, 0) is 0 Å². The van der Waals surface area contributed by atoms with Gasteiger partial charge in [-0.2, -0.15) is 9.97 Å². The topological polar surface area (TPSA) is 70.3 Å². The Morgan fingerprint density at radius 1 is 1.15 bits per heavy atom. The molecule has 2 aromatic rings. The summed E-state index contributed by atoms with van der Waals surface area (Å²) in [7, 11) is 1.52. The monoisotopic (exact) mass is 273 g/mol. The molecular weight excluding hydrogens is 254 g/mol. The number of aromatic nitrogens is 2. The van der Waals surface area contributed by atoms with Crippen molar-refractivity contribution in [2.24, 2.45) is 0 Å². The minimum Gasteiger partial charge on any atom is -0.481 e. The summed E-state index contributed by atoms with van der Waals surface area (Å²) < 4.78 is 10.7. The molecule has 5 heteroatoms. The van der Waals surface area contributed by atoms with Crippen molar-refractivity contribution in [3.05, 3.63) is 35.9 Å². The zero-order valence-electron chi connectivity index (χ0n) is 12.0. The summed E-state index contributed by atoms with van der Waals surface area (Å²) in [6.45, 7) is 4.37. The van der Waals surface area contributed by atoms with Gasteiger partial charge in [-0.05, 0) is 30.0 Å². The molecule has 1 aromatic carbocycles. The molecule has 1 aromatic heterocycles. The fourth-order valence-electron chi connectivity index (χ4n) is 1.80. The highest BCUT2D eigenvalue weighted by Crippen LogP contribution is 2.26. The minimum absolute atomic E-state index is 0.121. The second-order valence-corrected chi connectivity index (χ2v) is 4.59. The van der Waals surface area contributed by atoms with Crippen molar-refractivity contribution in [2.45, 2.75) is 26.2 Å². The van der Waals surface area contributed by atoms with Crippen LogP contribution in [-0.4, -0.2) is 17.1 Å². The van der Waals surface area contributed by atoms with Crippen LogP contribution in [0.15, 0.2) is 30.3 Å². The van der Waals surface area contributed by atoms with E-state index in [9.17, 15) is 0 Å². The van der Waals surface area contributed by atoms with Gasteiger partial charge in [0.1, 0.15) is 5.75 Å². The maximum Gasteiger partial charge on any atom is 0.227 e. The lowest BCUT2D eigenvalue weighted by Gasteiger charge is -2.10. The van der Waals surface area contributed by atoms with E-state index in [4.69, 9.17) is 15.2 Å². The Kier molecular flexibility index (Phi) is 4.40. The second-order valence-electron chi connectivity index (χ2n) is 4.59. The number of anilines is 1. The zero-order valence-corrected chi connectivity index (χ0v) is 12.0. The van der Waals surface area contributed by atoms with Crippen LogP contribution in [0.2, 0.25) is 0 Å². The summed E-state index contributed by atoms with van der Waals surface area (Å²) in [6, 6.07) is 9.56. The Hall–Kier alpha value is -2.30. The molecule has 0 bridgehead atoms. The van der Waals surface area contributed by atoms with Crippen LogP contribution in [0.5, 0.6) is 17.5 Å². The van der Waals surface area contributed by atoms with Gasteiger partial charge in [-0.3, -0.25) is 0 Å². The third kappa shape index (κ3) is 3.38. The average molecular weight is 273 g/mol. The molecule has 0 amide bonds. The van der Waals surface area contributed by atoms with Crippen molar-refractivity contribution < 1.29 is 9.47 Å². The highest BCUT2D eigenvalue weighted by Gasteiger charge is 2.06.